The molecule has 0 spiro atoms. The molecule has 4 rings (SSSR count). The molecule has 10 heteroatoms. The number of carbonyl (C=O) groups excluding carboxylic acids is 1. The van der Waals surface area contributed by atoms with Gasteiger partial charge in [-0.25, -0.2) is 14.8 Å². The molecule has 1 saturated heterocycles. The molecular weight excluding hydrogens is 390 g/mol. The van der Waals surface area contributed by atoms with Gasteiger partial charge in [0.25, 0.3) is 5.91 Å². The second kappa shape index (κ2) is 8.41. The first-order valence-corrected chi connectivity index (χ1v) is 10.2. The predicted molar refractivity (Wildman–Crippen MR) is 114 cm³/mol. The summed E-state index contributed by atoms with van der Waals surface area (Å²) in [5.74, 6) is 0.165. The summed E-state index contributed by atoms with van der Waals surface area (Å²) in [4.78, 5) is 36.7. The highest BCUT2D eigenvalue weighted by atomic mass is 32.1. The van der Waals surface area contributed by atoms with Gasteiger partial charge in [-0.2, -0.15) is 0 Å². The van der Waals surface area contributed by atoms with Crippen molar-refractivity contribution in [3.8, 4) is 0 Å². The van der Waals surface area contributed by atoms with Gasteiger partial charge < -0.3 is 21.3 Å². The predicted octanol–water partition coefficient (Wildman–Crippen LogP) is 2.15. The summed E-state index contributed by atoms with van der Waals surface area (Å²) < 4.78 is 0. The van der Waals surface area contributed by atoms with Crippen LogP contribution in [0.1, 0.15) is 23.3 Å². The summed E-state index contributed by atoms with van der Waals surface area (Å²) in [5, 5.41) is 8.08. The number of para-hydroxylation sites is 2. The Hall–Kier alpha value is -3.24. The number of anilines is 4. The molecule has 3 aromatic rings. The van der Waals surface area contributed by atoms with E-state index >= 15 is 0 Å². The van der Waals surface area contributed by atoms with Gasteiger partial charge in [0.1, 0.15) is 11.5 Å². The van der Waals surface area contributed by atoms with Crippen LogP contribution in [0.4, 0.5) is 22.3 Å². The van der Waals surface area contributed by atoms with Crippen molar-refractivity contribution < 1.29 is 4.79 Å². The molecule has 29 heavy (non-hydrogen) atoms. The summed E-state index contributed by atoms with van der Waals surface area (Å²) in [6.45, 7) is 1.73. The molecule has 5 N–H and O–H groups in total. The molecule has 1 fully saturated rings. The van der Waals surface area contributed by atoms with E-state index in [4.69, 9.17) is 5.73 Å². The van der Waals surface area contributed by atoms with Crippen LogP contribution >= 0.6 is 11.3 Å². The van der Waals surface area contributed by atoms with Crippen LogP contribution in [0, 0.1) is 0 Å². The average Bonchev–Trinajstić information content (AvgIpc) is 3.18. The first-order chi connectivity index (χ1) is 14.1. The van der Waals surface area contributed by atoms with Crippen LogP contribution in [0.2, 0.25) is 0 Å². The van der Waals surface area contributed by atoms with E-state index in [1.54, 1.807) is 11.4 Å². The Morgan fingerprint density at radius 1 is 1.24 bits per heavy atom. The molecule has 0 bridgehead atoms. The molecule has 1 aromatic carbocycles. The van der Waals surface area contributed by atoms with Crippen molar-refractivity contribution in [3.63, 3.8) is 0 Å². The SMILES string of the molecule is NC1CCN(c2ccccc2NC(=O)c2csc(Nc3ccnc(=O)[nH]3)n2)CC1. The Morgan fingerprint density at radius 2 is 2.03 bits per heavy atom. The number of hydrogen-bond acceptors (Lipinski definition) is 8. The Labute approximate surface area is 171 Å². The van der Waals surface area contributed by atoms with Crippen LogP contribution in [0.3, 0.4) is 0 Å². The molecule has 2 aromatic heterocycles. The number of aromatic amines is 1. The van der Waals surface area contributed by atoms with Crippen LogP contribution in [0.15, 0.2) is 46.7 Å². The van der Waals surface area contributed by atoms with Crippen LogP contribution in [-0.2, 0) is 0 Å². The summed E-state index contributed by atoms with van der Waals surface area (Å²) >= 11 is 1.27. The third kappa shape index (κ3) is 4.61. The van der Waals surface area contributed by atoms with Crippen LogP contribution < -0.4 is 27.0 Å². The number of amides is 1. The van der Waals surface area contributed by atoms with Gasteiger partial charge in [0.2, 0.25) is 0 Å². The van der Waals surface area contributed by atoms with Crippen LogP contribution in [0.25, 0.3) is 0 Å². The van der Waals surface area contributed by atoms with Gasteiger partial charge in [-0.05, 0) is 31.0 Å². The summed E-state index contributed by atoms with van der Waals surface area (Å²) in [6.07, 6.45) is 3.26. The highest BCUT2D eigenvalue weighted by Gasteiger charge is 2.20. The molecular formula is C19H21N7O2S. The lowest BCUT2D eigenvalue weighted by molar-refractivity contribution is 0.102. The fraction of sp³-hybridized carbons (Fsp3) is 0.263. The normalized spacial score (nSPS) is 14.6. The van der Waals surface area contributed by atoms with E-state index in [0.29, 0.717) is 16.6 Å². The number of thiazole rings is 1. The van der Waals surface area contributed by atoms with Crippen LogP contribution in [0.5, 0.6) is 0 Å². The standard InChI is InChI=1S/C19H21N7O2S/c20-12-6-9-26(10-7-12)15-4-2-1-3-13(15)22-17(27)14-11-29-19(23-14)25-16-5-8-21-18(28)24-16/h1-5,8,11-12H,6-7,9-10,20H2,(H,22,27)(H2,21,23,24,25,28). The van der Waals surface area contributed by atoms with Gasteiger partial charge in [0.05, 0.1) is 11.4 Å². The van der Waals surface area contributed by atoms with Gasteiger partial charge in [-0.3, -0.25) is 9.78 Å². The third-order valence-corrected chi connectivity index (χ3v) is 5.44. The van der Waals surface area contributed by atoms with E-state index in [9.17, 15) is 9.59 Å². The van der Waals surface area contributed by atoms with Crippen LogP contribution in [-0.4, -0.2) is 40.0 Å². The Balaban J connectivity index is 1.46. The first-order valence-electron chi connectivity index (χ1n) is 9.27. The fourth-order valence-corrected chi connectivity index (χ4v) is 3.88. The lowest BCUT2D eigenvalue weighted by Gasteiger charge is -2.33. The number of hydrogen-bond donors (Lipinski definition) is 4. The zero-order valence-electron chi connectivity index (χ0n) is 15.6. The van der Waals surface area contributed by atoms with Crippen molar-refractivity contribution in [3.05, 3.63) is 58.1 Å². The number of rotatable bonds is 5. The highest BCUT2D eigenvalue weighted by molar-refractivity contribution is 7.14. The lowest BCUT2D eigenvalue weighted by Crippen LogP contribution is -2.40. The minimum atomic E-state index is -0.459. The Morgan fingerprint density at radius 3 is 2.83 bits per heavy atom. The Bertz CT molecular complexity index is 1060. The summed E-state index contributed by atoms with van der Waals surface area (Å²) in [6, 6.07) is 9.59. The zero-order chi connectivity index (χ0) is 20.2. The van der Waals surface area contributed by atoms with E-state index in [1.165, 1.54) is 17.5 Å². The van der Waals surface area contributed by atoms with Crippen molar-refractivity contribution >= 4 is 39.6 Å². The van der Waals surface area contributed by atoms with Crippen molar-refractivity contribution in [2.24, 2.45) is 5.73 Å². The maximum Gasteiger partial charge on any atom is 0.346 e. The zero-order valence-corrected chi connectivity index (χ0v) is 16.4. The maximum absolute atomic E-state index is 12.7. The van der Waals surface area contributed by atoms with E-state index in [-0.39, 0.29) is 11.9 Å². The van der Waals surface area contributed by atoms with Crippen molar-refractivity contribution in [2.45, 2.75) is 18.9 Å². The minimum absolute atomic E-state index is 0.240. The molecule has 1 aliphatic rings. The van der Waals surface area contributed by atoms with E-state index < -0.39 is 5.69 Å². The summed E-state index contributed by atoms with van der Waals surface area (Å²) in [5.41, 5.74) is 7.57. The van der Waals surface area contributed by atoms with Gasteiger partial charge in [0, 0.05) is 30.7 Å². The molecule has 0 unspecified atom stereocenters. The maximum atomic E-state index is 12.7. The smallest absolute Gasteiger partial charge is 0.346 e. The number of nitrogens with two attached hydrogens (primary N) is 1. The van der Waals surface area contributed by atoms with E-state index in [2.05, 4.69) is 30.5 Å². The molecule has 0 saturated carbocycles. The molecule has 0 aliphatic carbocycles. The van der Waals surface area contributed by atoms with Crippen molar-refractivity contribution in [1.29, 1.82) is 0 Å². The molecule has 150 valence electrons. The number of nitrogens with zero attached hydrogens (tertiary/aromatic N) is 3. The van der Waals surface area contributed by atoms with Gasteiger partial charge >= 0.3 is 5.69 Å². The second-order valence-corrected chi connectivity index (χ2v) is 7.61. The Kier molecular flexibility index (Phi) is 5.54. The number of piperidine rings is 1. The molecule has 3 heterocycles. The topological polar surface area (TPSA) is 129 Å². The number of aromatic nitrogens is 3. The summed E-state index contributed by atoms with van der Waals surface area (Å²) in [7, 11) is 0. The van der Waals surface area contributed by atoms with Gasteiger partial charge in [0.15, 0.2) is 5.13 Å². The number of benzene rings is 1. The lowest BCUT2D eigenvalue weighted by atomic mass is 10.0. The fourth-order valence-electron chi connectivity index (χ4n) is 3.17. The molecule has 1 amide bonds. The highest BCUT2D eigenvalue weighted by Crippen LogP contribution is 2.29. The molecule has 1 aliphatic heterocycles. The van der Waals surface area contributed by atoms with E-state index in [0.717, 1.165) is 37.3 Å². The third-order valence-electron chi connectivity index (χ3n) is 4.69. The number of carbonyl (C=O) groups is 1. The number of H-pyrrole nitrogens is 1. The van der Waals surface area contributed by atoms with Gasteiger partial charge in [-0.1, -0.05) is 12.1 Å². The van der Waals surface area contributed by atoms with Crippen molar-refractivity contribution in [2.75, 3.05) is 28.6 Å². The van der Waals surface area contributed by atoms with Crippen molar-refractivity contribution in [1.82, 2.24) is 15.0 Å². The largest absolute Gasteiger partial charge is 0.370 e. The first kappa shape index (κ1) is 19.1. The van der Waals surface area contributed by atoms with Gasteiger partial charge in [-0.15, -0.1) is 11.3 Å². The molecule has 9 nitrogen and oxygen atoms in total. The number of nitrogens with one attached hydrogen (secondary N) is 3. The van der Waals surface area contributed by atoms with E-state index in [1.807, 2.05) is 24.3 Å². The minimum Gasteiger partial charge on any atom is -0.370 e. The second-order valence-electron chi connectivity index (χ2n) is 6.75. The molecule has 0 radical (unpaired) electrons. The quantitative estimate of drug-likeness (QED) is 0.506. The molecule has 0 atom stereocenters. The monoisotopic (exact) mass is 411 g/mol. The average molecular weight is 411 g/mol.